The molecular formula is C33H39FN6O2. The minimum atomic E-state index is -0.743. The fourth-order valence-corrected chi connectivity index (χ4v) is 7.47. The molecule has 3 heterocycles. The van der Waals surface area contributed by atoms with Crippen LogP contribution < -0.4 is 9.64 Å². The fraction of sp³-hybridized carbons (Fsp3) is 0.515. The van der Waals surface area contributed by atoms with Gasteiger partial charge in [0.25, 0.3) is 0 Å². The van der Waals surface area contributed by atoms with Crippen molar-refractivity contribution in [3.8, 4) is 12.1 Å². The van der Waals surface area contributed by atoms with Gasteiger partial charge in [-0.2, -0.15) is 15.2 Å². The third-order valence-electron chi connectivity index (χ3n) is 10.1. The van der Waals surface area contributed by atoms with Gasteiger partial charge in [0.15, 0.2) is 0 Å². The maximum absolute atomic E-state index is 16.1. The largest absolute Gasteiger partial charge is 0.461 e. The first-order valence-electron chi connectivity index (χ1n) is 15.0. The lowest BCUT2D eigenvalue weighted by atomic mass is 9.69. The average molecular weight is 571 g/mol. The molecule has 220 valence electrons. The number of carbonyl (C=O) groups is 1. The lowest BCUT2D eigenvalue weighted by Crippen LogP contribution is -2.55. The monoisotopic (exact) mass is 570 g/mol. The highest BCUT2D eigenvalue weighted by Gasteiger charge is 2.48. The second-order valence-corrected chi connectivity index (χ2v) is 12.5. The van der Waals surface area contributed by atoms with E-state index in [1.807, 2.05) is 25.1 Å². The van der Waals surface area contributed by atoms with Crippen LogP contribution in [0.25, 0.3) is 5.57 Å². The molecule has 2 saturated heterocycles. The lowest BCUT2D eigenvalue weighted by molar-refractivity contribution is -0.128. The van der Waals surface area contributed by atoms with Crippen LogP contribution in [0.3, 0.4) is 0 Å². The number of rotatable bonds is 6. The van der Waals surface area contributed by atoms with Crippen molar-refractivity contribution in [3.63, 3.8) is 0 Å². The number of benzene rings is 1. The zero-order chi connectivity index (χ0) is 29.6. The molecule has 0 N–H and O–H groups in total. The first-order valence-corrected chi connectivity index (χ1v) is 15.0. The molecule has 42 heavy (non-hydrogen) atoms. The van der Waals surface area contributed by atoms with Gasteiger partial charge in [-0.15, -0.1) is 0 Å². The first-order chi connectivity index (χ1) is 20.2. The number of nitrogens with zero attached hydrogens (tertiary/aromatic N) is 6. The van der Waals surface area contributed by atoms with E-state index in [0.29, 0.717) is 57.1 Å². The molecule has 0 saturated carbocycles. The van der Waals surface area contributed by atoms with Gasteiger partial charge in [0.1, 0.15) is 18.3 Å². The van der Waals surface area contributed by atoms with Crippen LogP contribution in [0.15, 0.2) is 42.7 Å². The van der Waals surface area contributed by atoms with E-state index in [2.05, 4.69) is 42.5 Å². The van der Waals surface area contributed by atoms with Crippen molar-refractivity contribution in [2.24, 2.45) is 0 Å². The number of likely N-dealkylation sites (N-methyl/N-ethyl adjacent to an activating group) is 1. The number of aromatic nitrogens is 2. The number of hydrogen-bond donors (Lipinski definition) is 0. The van der Waals surface area contributed by atoms with Gasteiger partial charge in [-0.1, -0.05) is 30.8 Å². The smallest absolute Gasteiger partial charge is 0.318 e. The molecule has 1 aromatic carbocycles. The van der Waals surface area contributed by atoms with E-state index in [1.54, 1.807) is 4.90 Å². The molecule has 9 heteroatoms. The van der Waals surface area contributed by atoms with Crippen LogP contribution in [0.1, 0.15) is 61.9 Å². The molecule has 1 amide bonds. The third kappa shape index (κ3) is 4.57. The molecule has 2 aliphatic carbocycles. The molecule has 6 rings (SSSR count). The number of hydrogen-bond acceptors (Lipinski definition) is 7. The summed E-state index contributed by atoms with van der Waals surface area (Å²) in [6, 6.07) is 10.3. The van der Waals surface area contributed by atoms with Crippen LogP contribution in [-0.4, -0.2) is 77.1 Å². The average Bonchev–Trinajstić information content (AvgIpc) is 3.44. The molecule has 2 aliphatic heterocycles. The Kier molecular flexibility index (Phi) is 7.30. The van der Waals surface area contributed by atoms with E-state index in [4.69, 9.17) is 14.7 Å². The summed E-state index contributed by atoms with van der Waals surface area (Å²) < 4.78 is 22.5. The van der Waals surface area contributed by atoms with Gasteiger partial charge >= 0.3 is 6.01 Å². The minimum Gasteiger partial charge on any atom is -0.461 e. The van der Waals surface area contributed by atoms with Crippen LogP contribution in [0, 0.1) is 11.3 Å². The summed E-state index contributed by atoms with van der Waals surface area (Å²) in [5, 5.41) is 9.53. The summed E-state index contributed by atoms with van der Waals surface area (Å²) in [7, 11) is 2.12. The Bertz CT molecular complexity index is 1500. The van der Waals surface area contributed by atoms with Crippen LogP contribution >= 0.6 is 0 Å². The van der Waals surface area contributed by atoms with Crippen LogP contribution in [0.5, 0.6) is 6.01 Å². The predicted octanol–water partition coefficient (Wildman–Crippen LogP) is 4.60. The number of halogens is 1. The van der Waals surface area contributed by atoms with Gasteiger partial charge in [-0.05, 0) is 75.9 Å². The minimum absolute atomic E-state index is 0.0669. The van der Waals surface area contributed by atoms with Gasteiger partial charge in [-0.3, -0.25) is 9.69 Å². The number of likely N-dealkylation sites (tertiary alicyclic amines) is 1. The molecule has 8 nitrogen and oxygen atoms in total. The number of piperazine rings is 1. The Morgan fingerprint density at radius 1 is 1.26 bits per heavy atom. The van der Waals surface area contributed by atoms with Crippen molar-refractivity contribution < 1.29 is 13.9 Å². The van der Waals surface area contributed by atoms with Crippen molar-refractivity contribution in [3.05, 3.63) is 65.1 Å². The normalized spacial score (nSPS) is 27.2. The predicted molar refractivity (Wildman–Crippen MR) is 160 cm³/mol. The number of carbonyl (C=O) groups excluding carboxylic acids is 1. The zero-order valence-electron chi connectivity index (χ0n) is 24.8. The molecule has 1 unspecified atom stereocenters. The van der Waals surface area contributed by atoms with Crippen LogP contribution in [-0.2, 0) is 23.1 Å². The maximum Gasteiger partial charge on any atom is 0.318 e. The van der Waals surface area contributed by atoms with Crippen molar-refractivity contribution in [2.45, 2.75) is 69.4 Å². The Balaban J connectivity index is 1.38. The van der Waals surface area contributed by atoms with Gasteiger partial charge in [0, 0.05) is 31.6 Å². The summed E-state index contributed by atoms with van der Waals surface area (Å²) >= 11 is 0. The second kappa shape index (κ2) is 10.8. The molecule has 2 aromatic rings. The Morgan fingerprint density at radius 2 is 2.07 bits per heavy atom. The van der Waals surface area contributed by atoms with E-state index in [1.165, 1.54) is 6.08 Å². The molecule has 0 radical (unpaired) electrons. The number of fused-ring (bicyclic) bond motifs is 3. The summed E-state index contributed by atoms with van der Waals surface area (Å²) in [6.45, 7) is 10.7. The summed E-state index contributed by atoms with van der Waals surface area (Å²) in [4.78, 5) is 28.7. The topological polar surface area (TPSA) is 85.6 Å². The number of ether oxygens (including phenoxy) is 1. The molecule has 3 atom stereocenters. The van der Waals surface area contributed by atoms with Crippen molar-refractivity contribution in [1.82, 2.24) is 19.8 Å². The van der Waals surface area contributed by atoms with E-state index in [9.17, 15) is 10.1 Å². The van der Waals surface area contributed by atoms with Gasteiger partial charge in [0.05, 0.1) is 35.2 Å². The second-order valence-electron chi connectivity index (χ2n) is 12.5. The summed E-state index contributed by atoms with van der Waals surface area (Å²) in [5.74, 6) is 0.538. The van der Waals surface area contributed by atoms with Crippen molar-refractivity contribution in [1.29, 1.82) is 5.26 Å². The van der Waals surface area contributed by atoms with E-state index >= 15 is 4.39 Å². The highest BCUT2D eigenvalue weighted by Crippen LogP contribution is 2.54. The zero-order valence-corrected chi connectivity index (χ0v) is 24.8. The first kappa shape index (κ1) is 28.4. The van der Waals surface area contributed by atoms with E-state index in [-0.39, 0.29) is 29.7 Å². The number of nitriles is 1. The van der Waals surface area contributed by atoms with Crippen molar-refractivity contribution >= 4 is 17.3 Å². The van der Waals surface area contributed by atoms with Gasteiger partial charge in [0.2, 0.25) is 5.91 Å². The number of anilines is 1. The Morgan fingerprint density at radius 3 is 2.81 bits per heavy atom. The molecule has 1 spiro atoms. The molecule has 0 bridgehead atoms. The number of amides is 1. The van der Waals surface area contributed by atoms with E-state index < -0.39 is 5.41 Å². The Hall–Kier alpha value is -3.77. The van der Waals surface area contributed by atoms with E-state index in [0.717, 1.165) is 47.6 Å². The maximum atomic E-state index is 16.1. The lowest BCUT2D eigenvalue weighted by Gasteiger charge is -2.42. The fourth-order valence-electron chi connectivity index (χ4n) is 7.47. The quantitative estimate of drug-likeness (QED) is 0.470. The molecule has 4 aliphatic rings. The summed E-state index contributed by atoms with van der Waals surface area (Å²) in [6.07, 6.45) is 5.35. The Labute approximate surface area is 247 Å². The number of allylic oxidation sites excluding steroid dienone is 2. The van der Waals surface area contributed by atoms with Gasteiger partial charge in [-0.25, -0.2) is 4.39 Å². The van der Waals surface area contributed by atoms with Gasteiger partial charge < -0.3 is 14.5 Å². The van der Waals surface area contributed by atoms with Crippen LogP contribution in [0.4, 0.5) is 10.2 Å². The molecular weight excluding hydrogens is 531 g/mol. The highest BCUT2D eigenvalue weighted by atomic mass is 19.1. The molecule has 1 aromatic heterocycles. The van der Waals surface area contributed by atoms with Crippen molar-refractivity contribution in [2.75, 3.05) is 44.7 Å². The summed E-state index contributed by atoms with van der Waals surface area (Å²) in [5.41, 5.74) is 3.68. The van der Waals surface area contributed by atoms with Crippen LogP contribution in [0.2, 0.25) is 0 Å². The highest BCUT2D eigenvalue weighted by molar-refractivity contribution is 5.87. The third-order valence-corrected chi connectivity index (χ3v) is 10.1. The standard InChI is InChI=1S/C33H39FN6O2/c1-5-28(41)40-18-17-39(20-23(40)12-15-35)30-25-11-14-33(26-10-7-6-9-24(26)22(2)29(33)34)19-27(25)36-31(37-30)42-21-32(3)13-8-16-38(32)4/h5-7,9-10,23H,1,8,11-14,16-21H2,2-4H3/t23-,32-,33?/m0/s1. The molecule has 2 fully saturated rings. The SMILES string of the molecule is C=CC(=O)N1CCN(c2nc(OC[C@]3(C)CCCN3C)nc3c2CCC2(C3)C(F)=C(C)c3ccccc32)C[C@@H]1CC#N.